The number of nitrogens with zero attached hydrogens (tertiary/aromatic N) is 1. The summed E-state index contributed by atoms with van der Waals surface area (Å²) in [6, 6.07) is 9.18. The molecule has 2 aromatic rings. The van der Waals surface area contributed by atoms with Crippen LogP contribution in [0.4, 0.5) is 5.69 Å². The fraction of sp³-hybridized carbons (Fsp3) is 0.222. The largest absolute Gasteiger partial charge is 0.350 e. The van der Waals surface area contributed by atoms with Gasteiger partial charge >= 0.3 is 0 Å². The SMILES string of the molecule is CCCN1C(=O)C(Nc2cccc(Cl)c2C)=C(c2cccs2)C1=O. The molecule has 0 saturated carbocycles. The maximum atomic E-state index is 12.8. The number of hydrogen-bond acceptors (Lipinski definition) is 4. The molecule has 1 aliphatic rings. The highest BCUT2D eigenvalue weighted by atomic mass is 35.5. The van der Waals surface area contributed by atoms with Crippen LogP contribution < -0.4 is 5.32 Å². The van der Waals surface area contributed by atoms with Crippen LogP contribution in [0.15, 0.2) is 41.4 Å². The molecule has 0 atom stereocenters. The van der Waals surface area contributed by atoms with Crippen molar-refractivity contribution in [2.24, 2.45) is 0 Å². The molecule has 2 amide bonds. The molecule has 4 nitrogen and oxygen atoms in total. The van der Waals surface area contributed by atoms with Gasteiger partial charge < -0.3 is 5.32 Å². The Morgan fingerprint density at radius 2 is 1.96 bits per heavy atom. The van der Waals surface area contributed by atoms with E-state index in [9.17, 15) is 9.59 Å². The molecule has 1 aliphatic heterocycles. The van der Waals surface area contributed by atoms with E-state index in [1.807, 2.05) is 43.5 Å². The summed E-state index contributed by atoms with van der Waals surface area (Å²) in [5, 5.41) is 5.65. The van der Waals surface area contributed by atoms with Gasteiger partial charge in [-0.25, -0.2) is 0 Å². The Bertz CT molecular complexity index is 828. The second-order valence-corrected chi connectivity index (χ2v) is 6.88. The van der Waals surface area contributed by atoms with Crippen molar-refractivity contribution in [2.75, 3.05) is 11.9 Å². The van der Waals surface area contributed by atoms with E-state index in [-0.39, 0.29) is 11.8 Å². The molecule has 2 heterocycles. The molecule has 124 valence electrons. The van der Waals surface area contributed by atoms with E-state index in [2.05, 4.69) is 5.32 Å². The molecule has 0 radical (unpaired) electrons. The zero-order valence-corrected chi connectivity index (χ0v) is 15.0. The molecular weight excluding hydrogens is 344 g/mol. The molecule has 1 aromatic heterocycles. The van der Waals surface area contributed by atoms with Crippen molar-refractivity contribution in [2.45, 2.75) is 20.3 Å². The highest BCUT2D eigenvalue weighted by Gasteiger charge is 2.39. The Morgan fingerprint density at radius 3 is 2.62 bits per heavy atom. The number of imide groups is 1. The molecule has 0 aliphatic carbocycles. The predicted molar refractivity (Wildman–Crippen MR) is 98.1 cm³/mol. The average molecular weight is 361 g/mol. The van der Waals surface area contributed by atoms with Crippen LogP contribution in [-0.4, -0.2) is 23.3 Å². The van der Waals surface area contributed by atoms with Gasteiger partial charge in [0.25, 0.3) is 11.8 Å². The summed E-state index contributed by atoms with van der Waals surface area (Å²) >= 11 is 7.61. The van der Waals surface area contributed by atoms with Crippen molar-refractivity contribution >= 4 is 46.0 Å². The molecule has 3 rings (SSSR count). The Morgan fingerprint density at radius 1 is 1.17 bits per heavy atom. The molecule has 0 saturated heterocycles. The number of thiophene rings is 1. The standard InChI is InChI=1S/C18H17ClN2O2S/c1-3-9-21-17(22)15(14-8-5-10-24-14)16(18(21)23)20-13-7-4-6-12(19)11(13)2/h4-8,10,20H,3,9H2,1-2H3. The van der Waals surface area contributed by atoms with Gasteiger partial charge in [-0.1, -0.05) is 30.7 Å². The first kappa shape index (κ1) is 16.7. The summed E-state index contributed by atoms with van der Waals surface area (Å²) in [4.78, 5) is 27.6. The summed E-state index contributed by atoms with van der Waals surface area (Å²) in [5.41, 5.74) is 2.32. The Labute approximate surface area is 149 Å². The first-order valence-electron chi connectivity index (χ1n) is 7.71. The minimum Gasteiger partial charge on any atom is -0.350 e. The van der Waals surface area contributed by atoms with Gasteiger partial charge in [0.2, 0.25) is 0 Å². The number of hydrogen-bond donors (Lipinski definition) is 1. The quantitative estimate of drug-likeness (QED) is 0.808. The topological polar surface area (TPSA) is 49.4 Å². The summed E-state index contributed by atoms with van der Waals surface area (Å²) in [5.74, 6) is -0.531. The molecule has 1 N–H and O–H groups in total. The van der Waals surface area contributed by atoms with Gasteiger partial charge in [0.1, 0.15) is 5.70 Å². The van der Waals surface area contributed by atoms with Crippen molar-refractivity contribution in [3.8, 4) is 0 Å². The summed E-state index contributed by atoms with van der Waals surface area (Å²) < 4.78 is 0. The molecule has 0 spiro atoms. The number of nitrogens with one attached hydrogen (secondary N) is 1. The van der Waals surface area contributed by atoms with E-state index in [0.717, 1.165) is 22.5 Å². The van der Waals surface area contributed by atoms with Crippen LogP contribution in [0.2, 0.25) is 5.02 Å². The lowest BCUT2D eigenvalue weighted by molar-refractivity contribution is -0.136. The highest BCUT2D eigenvalue weighted by Crippen LogP contribution is 2.34. The summed E-state index contributed by atoms with van der Waals surface area (Å²) in [7, 11) is 0. The zero-order valence-electron chi connectivity index (χ0n) is 13.4. The van der Waals surface area contributed by atoms with Crippen LogP contribution in [0.1, 0.15) is 23.8 Å². The first-order chi connectivity index (χ1) is 11.5. The molecule has 0 fully saturated rings. The Kier molecular flexibility index (Phi) is 4.73. The van der Waals surface area contributed by atoms with E-state index in [4.69, 9.17) is 11.6 Å². The zero-order chi connectivity index (χ0) is 17.3. The van der Waals surface area contributed by atoms with Gasteiger partial charge in [0.05, 0.1) is 5.57 Å². The van der Waals surface area contributed by atoms with Gasteiger partial charge in [-0.2, -0.15) is 0 Å². The van der Waals surface area contributed by atoms with Gasteiger partial charge in [0, 0.05) is 22.1 Å². The van der Waals surface area contributed by atoms with Gasteiger partial charge in [-0.15, -0.1) is 11.3 Å². The second kappa shape index (κ2) is 6.79. The molecular formula is C18H17ClN2O2S. The van der Waals surface area contributed by atoms with Crippen LogP contribution in [0, 0.1) is 6.92 Å². The number of anilines is 1. The van der Waals surface area contributed by atoms with Gasteiger partial charge in [-0.05, 0) is 42.5 Å². The average Bonchev–Trinajstić information content (AvgIpc) is 3.15. The van der Waals surface area contributed by atoms with Gasteiger partial charge in [0.15, 0.2) is 0 Å². The molecule has 0 bridgehead atoms. The number of amides is 2. The minimum atomic E-state index is -0.287. The third kappa shape index (κ3) is 2.85. The highest BCUT2D eigenvalue weighted by molar-refractivity contribution is 7.11. The monoisotopic (exact) mass is 360 g/mol. The number of rotatable bonds is 5. The second-order valence-electron chi connectivity index (χ2n) is 5.53. The third-order valence-electron chi connectivity index (χ3n) is 3.91. The molecule has 6 heteroatoms. The lowest BCUT2D eigenvalue weighted by Crippen LogP contribution is -2.33. The molecule has 1 aromatic carbocycles. The van der Waals surface area contributed by atoms with Crippen LogP contribution in [-0.2, 0) is 9.59 Å². The van der Waals surface area contributed by atoms with Crippen molar-refractivity contribution in [1.29, 1.82) is 0 Å². The summed E-state index contributed by atoms with van der Waals surface area (Å²) in [6.07, 6.45) is 0.721. The maximum absolute atomic E-state index is 12.8. The van der Waals surface area contributed by atoms with Crippen molar-refractivity contribution in [3.05, 3.63) is 56.9 Å². The van der Waals surface area contributed by atoms with E-state index >= 15 is 0 Å². The van der Waals surface area contributed by atoms with Crippen LogP contribution in [0.5, 0.6) is 0 Å². The Balaban J connectivity index is 2.07. The third-order valence-corrected chi connectivity index (χ3v) is 5.21. The number of halogens is 1. The fourth-order valence-corrected chi connectivity index (χ4v) is 3.59. The van der Waals surface area contributed by atoms with Crippen molar-refractivity contribution < 1.29 is 9.59 Å². The van der Waals surface area contributed by atoms with E-state index in [1.165, 1.54) is 16.2 Å². The maximum Gasteiger partial charge on any atom is 0.278 e. The van der Waals surface area contributed by atoms with E-state index in [1.54, 1.807) is 6.07 Å². The normalized spacial score (nSPS) is 14.7. The number of carbonyl (C=O) groups excluding carboxylic acids is 2. The van der Waals surface area contributed by atoms with Crippen LogP contribution in [0.25, 0.3) is 5.57 Å². The number of carbonyl (C=O) groups is 2. The fourth-order valence-electron chi connectivity index (χ4n) is 2.65. The molecule has 0 unspecified atom stereocenters. The van der Waals surface area contributed by atoms with Gasteiger partial charge in [-0.3, -0.25) is 14.5 Å². The predicted octanol–water partition coefficient (Wildman–Crippen LogP) is 4.31. The Hall–Kier alpha value is -2.11. The number of benzene rings is 1. The van der Waals surface area contributed by atoms with Crippen molar-refractivity contribution in [3.63, 3.8) is 0 Å². The molecule has 24 heavy (non-hydrogen) atoms. The van der Waals surface area contributed by atoms with Crippen LogP contribution in [0.3, 0.4) is 0 Å². The van der Waals surface area contributed by atoms with Crippen LogP contribution >= 0.6 is 22.9 Å². The van der Waals surface area contributed by atoms with E-state index in [0.29, 0.717) is 22.8 Å². The van der Waals surface area contributed by atoms with Crippen molar-refractivity contribution in [1.82, 2.24) is 4.90 Å². The smallest absolute Gasteiger partial charge is 0.278 e. The minimum absolute atomic E-state index is 0.244. The lowest BCUT2D eigenvalue weighted by atomic mass is 10.1. The lowest BCUT2D eigenvalue weighted by Gasteiger charge is -2.14. The first-order valence-corrected chi connectivity index (χ1v) is 8.96. The van der Waals surface area contributed by atoms with E-state index < -0.39 is 0 Å². The summed E-state index contributed by atoms with van der Waals surface area (Å²) in [6.45, 7) is 4.23.